The number of nitrogens with one attached hydrogen (secondary N) is 1. The van der Waals surface area contributed by atoms with Crippen molar-refractivity contribution in [1.29, 1.82) is 0 Å². The first kappa shape index (κ1) is 21.2. The molecule has 0 bridgehead atoms. The van der Waals surface area contributed by atoms with Crippen molar-refractivity contribution >= 4 is 46.3 Å². The molecule has 5 rings (SSSR count). The SMILES string of the molecule is O=C(CCSc1nnc(Cc2cccs2)n1C1CC1)Nc1ccc(N2CCCC2=O)cc1. The van der Waals surface area contributed by atoms with Crippen LogP contribution in [0.3, 0.4) is 0 Å². The average Bonchev–Trinajstić information content (AvgIpc) is 3.14. The molecule has 7 nitrogen and oxygen atoms in total. The van der Waals surface area contributed by atoms with E-state index in [9.17, 15) is 9.59 Å². The molecule has 2 aromatic heterocycles. The van der Waals surface area contributed by atoms with Crippen LogP contribution >= 0.6 is 23.1 Å². The monoisotopic (exact) mass is 467 g/mol. The quantitative estimate of drug-likeness (QED) is 0.468. The number of nitrogens with zero attached hydrogens (tertiary/aromatic N) is 4. The molecule has 1 saturated carbocycles. The second-order valence-electron chi connectivity index (χ2n) is 8.10. The van der Waals surface area contributed by atoms with Gasteiger partial charge in [-0.3, -0.25) is 9.59 Å². The van der Waals surface area contributed by atoms with E-state index >= 15 is 0 Å². The van der Waals surface area contributed by atoms with E-state index in [1.807, 2.05) is 24.3 Å². The number of carbonyl (C=O) groups is 2. The van der Waals surface area contributed by atoms with Crippen LogP contribution in [-0.4, -0.2) is 38.9 Å². The normalized spacial score (nSPS) is 16.0. The van der Waals surface area contributed by atoms with E-state index in [0.29, 0.717) is 24.6 Å². The predicted molar refractivity (Wildman–Crippen MR) is 127 cm³/mol. The van der Waals surface area contributed by atoms with Gasteiger partial charge < -0.3 is 14.8 Å². The maximum Gasteiger partial charge on any atom is 0.227 e. The molecule has 0 radical (unpaired) electrons. The molecule has 1 saturated heterocycles. The first-order valence-electron chi connectivity index (χ1n) is 11.0. The summed E-state index contributed by atoms with van der Waals surface area (Å²) in [6.07, 6.45) is 5.06. The van der Waals surface area contributed by atoms with Gasteiger partial charge in [-0.25, -0.2) is 0 Å². The first-order valence-corrected chi connectivity index (χ1v) is 12.8. The molecule has 3 heterocycles. The third kappa shape index (κ3) is 4.88. The molecular formula is C23H25N5O2S2. The summed E-state index contributed by atoms with van der Waals surface area (Å²) in [5.41, 5.74) is 1.63. The van der Waals surface area contributed by atoms with Crippen LogP contribution < -0.4 is 10.2 Å². The zero-order chi connectivity index (χ0) is 21.9. The van der Waals surface area contributed by atoms with Gasteiger partial charge in [0.05, 0.1) is 0 Å². The molecule has 1 N–H and O–H groups in total. The Bertz CT molecular complexity index is 1090. The zero-order valence-electron chi connectivity index (χ0n) is 17.7. The molecule has 0 unspecified atom stereocenters. The van der Waals surface area contributed by atoms with Crippen LogP contribution in [0.15, 0.2) is 46.9 Å². The average molecular weight is 468 g/mol. The molecular weight excluding hydrogens is 442 g/mol. The third-order valence-electron chi connectivity index (χ3n) is 5.66. The fourth-order valence-corrected chi connectivity index (χ4v) is 5.56. The number of amides is 2. The Balaban J connectivity index is 1.13. The number of rotatable bonds is 9. The van der Waals surface area contributed by atoms with Gasteiger partial charge in [0.1, 0.15) is 5.82 Å². The minimum absolute atomic E-state index is 0.0289. The van der Waals surface area contributed by atoms with Gasteiger partial charge in [-0.05, 0) is 55.0 Å². The molecule has 1 aromatic carbocycles. The lowest BCUT2D eigenvalue weighted by molar-refractivity contribution is -0.117. The third-order valence-corrected chi connectivity index (χ3v) is 7.48. The number of anilines is 2. The second kappa shape index (κ2) is 9.46. The highest BCUT2D eigenvalue weighted by molar-refractivity contribution is 7.99. The summed E-state index contributed by atoms with van der Waals surface area (Å²) in [5, 5.41) is 14.8. The smallest absolute Gasteiger partial charge is 0.227 e. The van der Waals surface area contributed by atoms with E-state index in [0.717, 1.165) is 41.7 Å². The van der Waals surface area contributed by atoms with Crippen molar-refractivity contribution in [2.75, 3.05) is 22.5 Å². The molecule has 0 spiro atoms. The van der Waals surface area contributed by atoms with E-state index in [-0.39, 0.29) is 11.8 Å². The largest absolute Gasteiger partial charge is 0.326 e. The van der Waals surface area contributed by atoms with E-state index in [1.165, 1.54) is 17.7 Å². The van der Waals surface area contributed by atoms with Crippen molar-refractivity contribution in [3.63, 3.8) is 0 Å². The summed E-state index contributed by atoms with van der Waals surface area (Å²) < 4.78 is 2.26. The Morgan fingerprint density at radius 3 is 2.72 bits per heavy atom. The highest BCUT2D eigenvalue weighted by atomic mass is 32.2. The molecule has 2 amide bonds. The number of thioether (sulfide) groups is 1. The molecule has 1 aliphatic heterocycles. The Morgan fingerprint density at radius 1 is 1.19 bits per heavy atom. The van der Waals surface area contributed by atoms with Gasteiger partial charge in [0.15, 0.2) is 5.16 Å². The van der Waals surface area contributed by atoms with Crippen LogP contribution in [0.4, 0.5) is 11.4 Å². The summed E-state index contributed by atoms with van der Waals surface area (Å²) in [4.78, 5) is 27.4. The summed E-state index contributed by atoms with van der Waals surface area (Å²) in [5.74, 6) is 1.80. The molecule has 2 aliphatic rings. The van der Waals surface area contributed by atoms with E-state index < -0.39 is 0 Å². The minimum atomic E-state index is -0.0289. The van der Waals surface area contributed by atoms with Crippen LogP contribution in [0.5, 0.6) is 0 Å². The lowest BCUT2D eigenvalue weighted by Gasteiger charge is -2.16. The van der Waals surface area contributed by atoms with Crippen LogP contribution in [0.25, 0.3) is 0 Å². The van der Waals surface area contributed by atoms with Gasteiger partial charge in [-0.15, -0.1) is 21.5 Å². The number of carbonyl (C=O) groups excluding carboxylic acids is 2. The summed E-state index contributed by atoms with van der Waals surface area (Å²) >= 11 is 3.33. The number of hydrogen-bond donors (Lipinski definition) is 1. The highest BCUT2D eigenvalue weighted by Crippen LogP contribution is 2.39. The number of hydrogen-bond acceptors (Lipinski definition) is 6. The molecule has 3 aromatic rings. The number of benzene rings is 1. The fourth-order valence-electron chi connectivity index (χ4n) is 3.90. The van der Waals surface area contributed by atoms with Crippen molar-refractivity contribution in [3.05, 3.63) is 52.5 Å². The maximum absolute atomic E-state index is 12.4. The molecule has 1 aliphatic carbocycles. The van der Waals surface area contributed by atoms with E-state index in [1.54, 1.807) is 28.0 Å². The van der Waals surface area contributed by atoms with Crippen molar-refractivity contribution in [2.45, 2.75) is 49.7 Å². The summed E-state index contributed by atoms with van der Waals surface area (Å²) in [6.45, 7) is 0.766. The maximum atomic E-state index is 12.4. The molecule has 9 heteroatoms. The van der Waals surface area contributed by atoms with Crippen LogP contribution in [0.1, 0.15) is 48.8 Å². The minimum Gasteiger partial charge on any atom is -0.326 e. The number of thiophene rings is 1. The van der Waals surface area contributed by atoms with E-state index in [2.05, 4.69) is 37.6 Å². The summed E-state index contributed by atoms with van der Waals surface area (Å²) in [7, 11) is 0. The van der Waals surface area contributed by atoms with Crippen molar-refractivity contribution in [2.24, 2.45) is 0 Å². The molecule has 32 heavy (non-hydrogen) atoms. The number of aromatic nitrogens is 3. The Hall–Kier alpha value is -2.65. The van der Waals surface area contributed by atoms with Gasteiger partial charge in [-0.1, -0.05) is 17.8 Å². The van der Waals surface area contributed by atoms with Crippen LogP contribution in [-0.2, 0) is 16.0 Å². The molecule has 2 fully saturated rings. The lowest BCUT2D eigenvalue weighted by atomic mass is 10.2. The molecule has 0 atom stereocenters. The lowest BCUT2D eigenvalue weighted by Crippen LogP contribution is -2.23. The highest BCUT2D eigenvalue weighted by Gasteiger charge is 2.29. The zero-order valence-corrected chi connectivity index (χ0v) is 19.3. The first-order chi connectivity index (χ1) is 15.7. The molecule has 166 valence electrons. The van der Waals surface area contributed by atoms with Crippen LogP contribution in [0, 0.1) is 0 Å². The van der Waals surface area contributed by atoms with Gasteiger partial charge in [0.2, 0.25) is 11.8 Å². The van der Waals surface area contributed by atoms with Gasteiger partial charge >= 0.3 is 0 Å². The van der Waals surface area contributed by atoms with Crippen LogP contribution in [0.2, 0.25) is 0 Å². The van der Waals surface area contributed by atoms with Gasteiger partial charge in [-0.2, -0.15) is 0 Å². The van der Waals surface area contributed by atoms with Crippen molar-refractivity contribution < 1.29 is 9.59 Å². The summed E-state index contributed by atoms with van der Waals surface area (Å²) in [6, 6.07) is 12.2. The Kier molecular flexibility index (Phi) is 6.27. The second-order valence-corrected chi connectivity index (χ2v) is 10.2. The predicted octanol–water partition coefficient (Wildman–Crippen LogP) is 4.51. The van der Waals surface area contributed by atoms with E-state index in [4.69, 9.17) is 0 Å². The topological polar surface area (TPSA) is 80.1 Å². The van der Waals surface area contributed by atoms with Crippen molar-refractivity contribution in [3.8, 4) is 0 Å². The van der Waals surface area contributed by atoms with Gasteiger partial charge in [0, 0.05) is 53.9 Å². The Morgan fingerprint density at radius 2 is 2.03 bits per heavy atom. The standard InChI is InChI=1S/C23H25N5O2S2/c29-21(24-16-5-7-17(8-6-16)27-12-1-4-22(27)30)11-14-32-23-26-25-20(28(23)18-9-10-18)15-19-3-2-13-31-19/h2-3,5-8,13,18H,1,4,9-12,14-15H2,(H,24,29). The van der Waals surface area contributed by atoms with Gasteiger partial charge in [0.25, 0.3) is 0 Å². The Labute approximate surface area is 195 Å². The fraction of sp³-hybridized carbons (Fsp3) is 0.391. The van der Waals surface area contributed by atoms with Crippen molar-refractivity contribution in [1.82, 2.24) is 14.8 Å².